The molecule has 0 spiro atoms. The maximum absolute atomic E-state index is 11.3. The van der Waals surface area contributed by atoms with Gasteiger partial charge in [-0.3, -0.25) is 14.5 Å². The Morgan fingerprint density at radius 3 is 2.14 bits per heavy atom. The van der Waals surface area contributed by atoms with E-state index in [1.807, 2.05) is 0 Å². The summed E-state index contributed by atoms with van der Waals surface area (Å²) in [6.45, 7) is 2.11. The van der Waals surface area contributed by atoms with Gasteiger partial charge in [0.1, 0.15) is 18.8 Å². The smallest absolute Gasteiger partial charge is 0.329 e. The summed E-state index contributed by atoms with van der Waals surface area (Å²) in [6.07, 6.45) is 0. The van der Waals surface area contributed by atoms with Crippen molar-refractivity contribution < 1.29 is 24.2 Å². The van der Waals surface area contributed by atoms with Crippen molar-refractivity contribution >= 4 is 17.8 Å². The summed E-state index contributed by atoms with van der Waals surface area (Å²) < 4.78 is 4.67. The molecule has 6 heteroatoms. The van der Waals surface area contributed by atoms with E-state index in [9.17, 15) is 14.4 Å². The highest BCUT2D eigenvalue weighted by Crippen LogP contribution is 2.17. The number of rotatable bonds is 2. The lowest BCUT2D eigenvalue weighted by Crippen LogP contribution is -2.60. The Morgan fingerprint density at radius 1 is 1.36 bits per heavy atom. The number of carbonyl (C=O) groups excluding carboxylic acids is 2. The SMILES string of the molecule is CC(C)(C(=O)O)N1C(=O)COCC1=O. The Morgan fingerprint density at radius 2 is 1.79 bits per heavy atom. The summed E-state index contributed by atoms with van der Waals surface area (Å²) in [5.74, 6) is -2.46. The molecule has 0 bridgehead atoms. The molecule has 0 aromatic heterocycles. The Balaban J connectivity index is 2.99. The molecule has 0 atom stereocenters. The quantitative estimate of drug-likeness (QED) is 0.593. The molecule has 1 aliphatic heterocycles. The summed E-state index contributed by atoms with van der Waals surface area (Å²) in [6, 6.07) is 0. The first-order valence-corrected chi connectivity index (χ1v) is 4.04. The van der Waals surface area contributed by atoms with Crippen LogP contribution in [0.25, 0.3) is 0 Å². The third kappa shape index (κ3) is 1.60. The number of carboxylic acids is 1. The van der Waals surface area contributed by atoms with Crippen molar-refractivity contribution in [1.82, 2.24) is 4.90 Å². The Labute approximate surface area is 80.4 Å². The van der Waals surface area contributed by atoms with E-state index in [4.69, 9.17) is 5.11 Å². The zero-order chi connectivity index (χ0) is 10.9. The van der Waals surface area contributed by atoms with Crippen molar-refractivity contribution in [3.63, 3.8) is 0 Å². The number of aliphatic carboxylic acids is 1. The number of nitrogens with zero attached hydrogens (tertiary/aromatic N) is 1. The van der Waals surface area contributed by atoms with Gasteiger partial charge >= 0.3 is 5.97 Å². The van der Waals surface area contributed by atoms with Gasteiger partial charge in [-0.2, -0.15) is 0 Å². The van der Waals surface area contributed by atoms with Crippen LogP contribution in [0.2, 0.25) is 0 Å². The number of carboxylic acid groups (broad SMARTS) is 1. The summed E-state index contributed by atoms with van der Waals surface area (Å²) in [4.78, 5) is 34.1. The number of amides is 2. The molecule has 6 nitrogen and oxygen atoms in total. The average Bonchev–Trinajstić information content (AvgIpc) is 2.02. The van der Waals surface area contributed by atoms with Crippen LogP contribution in [0, 0.1) is 0 Å². The van der Waals surface area contributed by atoms with Crippen LogP contribution in [-0.4, -0.2) is 46.5 Å². The topological polar surface area (TPSA) is 83.9 Å². The molecule has 1 aliphatic rings. The van der Waals surface area contributed by atoms with Gasteiger partial charge in [0.15, 0.2) is 0 Å². The van der Waals surface area contributed by atoms with Crippen LogP contribution < -0.4 is 0 Å². The summed E-state index contributed by atoms with van der Waals surface area (Å²) in [7, 11) is 0. The number of hydrogen-bond donors (Lipinski definition) is 1. The fourth-order valence-corrected chi connectivity index (χ4v) is 1.21. The van der Waals surface area contributed by atoms with E-state index >= 15 is 0 Å². The highest BCUT2D eigenvalue weighted by molar-refractivity contribution is 6.02. The second-order valence-electron chi connectivity index (χ2n) is 3.48. The minimum atomic E-state index is -1.52. The van der Waals surface area contributed by atoms with Crippen molar-refractivity contribution in [2.24, 2.45) is 0 Å². The van der Waals surface area contributed by atoms with Gasteiger partial charge in [0.2, 0.25) is 0 Å². The predicted molar refractivity (Wildman–Crippen MR) is 44.4 cm³/mol. The molecule has 1 saturated heterocycles. The molecule has 1 N–H and O–H groups in total. The first-order valence-electron chi connectivity index (χ1n) is 4.04. The van der Waals surface area contributed by atoms with E-state index in [0.717, 1.165) is 4.90 Å². The Hall–Kier alpha value is -1.43. The van der Waals surface area contributed by atoms with E-state index in [-0.39, 0.29) is 13.2 Å². The van der Waals surface area contributed by atoms with Gasteiger partial charge in [0, 0.05) is 0 Å². The van der Waals surface area contributed by atoms with Crippen molar-refractivity contribution in [2.75, 3.05) is 13.2 Å². The van der Waals surface area contributed by atoms with Gasteiger partial charge in [0.25, 0.3) is 11.8 Å². The summed E-state index contributed by atoms with van der Waals surface area (Å²) >= 11 is 0. The van der Waals surface area contributed by atoms with E-state index in [0.29, 0.717) is 0 Å². The normalized spacial score (nSPS) is 18.6. The molecule has 78 valence electrons. The lowest BCUT2D eigenvalue weighted by Gasteiger charge is -2.35. The first kappa shape index (κ1) is 10.6. The largest absolute Gasteiger partial charge is 0.480 e. The van der Waals surface area contributed by atoms with Gasteiger partial charge in [-0.15, -0.1) is 0 Å². The van der Waals surface area contributed by atoms with E-state index in [2.05, 4.69) is 4.74 Å². The summed E-state index contributed by atoms with van der Waals surface area (Å²) in [5.41, 5.74) is -1.52. The van der Waals surface area contributed by atoms with Crippen LogP contribution in [0.1, 0.15) is 13.8 Å². The molecule has 0 unspecified atom stereocenters. The fourth-order valence-electron chi connectivity index (χ4n) is 1.21. The standard InChI is InChI=1S/C8H11NO5/c1-8(2,7(12)13)9-5(10)3-14-4-6(9)11/h3-4H2,1-2H3,(H,12,13). The van der Waals surface area contributed by atoms with Crippen LogP contribution in [-0.2, 0) is 19.1 Å². The van der Waals surface area contributed by atoms with Crippen LogP contribution in [0.4, 0.5) is 0 Å². The van der Waals surface area contributed by atoms with Crippen molar-refractivity contribution in [3.05, 3.63) is 0 Å². The van der Waals surface area contributed by atoms with Crippen LogP contribution >= 0.6 is 0 Å². The van der Waals surface area contributed by atoms with Crippen molar-refractivity contribution in [1.29, 1.82) is 0 Å². The maximum atomic E-state index is 11.3. The average molecular weight is 201 g/mol. The fraction of sp³-hybridized carbons (Fsp3) is 0.625. The van der Waals surface area contributed by atoms with Gasteiger partial charge in [-0.1, -0.05) is 0 Å². The lowest BCUT2D eigenvalue weighted by molar-refractivity contribution is -0.173. The second kappa shape index (κ2) is 3.38. The van der Waals surface area contributed by atoms with Gasteiger partial charge < -0.3 is 9.84 Å². The number of morpholine rings is 1. The number of carbonyl (C=O) groups is 3. The molecule has 0 aromatic rings. The number of hydrogen-bond acceptors (Lipinski definition) is 4. The van der Waals surface area contributed by atoms with Crippen LogP contribution in [0.5, 0.6) is 0 Å². The van der Waals surface area contributed by atoms with E-state index < -0.39 is 23.3 Å². The monoisotopic (exact) mass is 201 g/mol. The molecule has 0 radical (unpaired) electrons. The second-order valence-corrected chi connectivity index (χ2v) is 3.48. The van der Waals surface area contributed by atoms with E-state index in [1.54, 1.807) is 0 Å². The minimum Gasteiger partial charge on any atom is -0.480 e. The third-order valence-electron chi connectivity index (χ3n) is 2.03. The highest BCUT2D eigenvalue weighted by Gasteiger charge is 2.43. The van der Waals surface area contributed by atoms with E-state index in [1.165, 1.54) is 13.8 Å². The van der Waals surface area contributed by atoms with Crippen molar-refractivity contribution in [3.8, 4) is 0 Å². The minimum absolute atomic E-state index is 0.248. The zero-order valence-corrected chi connectivity index (χ0v) is 7.94. The highest BCUT2D eigenvalue weighted by atomic mass is 16.5. The molecular formula is C8H11NO5. The Bertz CT molecular complexity index is 280. The lowest BCUT2D eigenvalue weighted by atomic mass is 10.0. The molecule has 0 aliphatic carbocycles. The molecule has 2 amide bonds. The molecule has 1 fully saturated rings. The predicted octanol–water partition coefficient (Wildman–Crippen LogP) is -0.765. The molecule has 1 heterocycles. The third-order valence-corrected chi connectivity index (χ3v) is 2.03. The van der Waals surface area contributed by atoms with Gasteiger partial charge in [-0.05, 0) is 13.8 Å². The first-order chi connectivity index (χ1) is 6.37. The zero-order valence-electron chi connectivity index (χ0n) is 7.94. The number of imide groups is 1. The van der Waals surface area contributed by atoms with Gasteiger partial charge in [0.05, 0.1) is 0 Å². The Kier molecular flexibility index (Phi) is 2.57. The summed E-state index contributed by atoms with van der Waals surface area (Å²) in [5, 5.41) is 8.84. The van der Waals surface area contributed by atoms with Crippen LogP contribution in [0.3, 0.4) is 0 Å². The molecule has 0 saturated carbocycles. The van der Waals surface area contributed by atoms with Gasteiger partial charge in [-0.25, -0.2) is 4.79 Å². The maximum Gasteiger partial charge on any atom is 0.329 e. The number of ether oxygens (including phenoxy) is 1. The molecule has 14 heavy (non-hydrogen) atoms. The van der Waals surface area contributed by atoms with Crippen molar-refractivity contribution in [2.45, 2.75) is 19.4 Å². The molecule has 1 rings (SSSR count). The van der Waals surface area contributed by atoms with Crippen LogP contribution in [0.15, 0.2) is 0 Å². The molecular weight excluding hydrogens is 190 g/mol. The molecule has 0 aromatic carbocycles.